The van der Waals surface area contributed by atoms with Gasteiger partial charge < -0.3 is 15.6 Å². The average Bonchev–Trinajstić information content (AvgIpc) is 3.16. The average molecular weight is 383 g/mol. The second-order valence-electron chi connectivity index (χ2n) is 6.42. The Morgan fingerprint density at radius 3 is 2.78 bits per heavy atom. The minimum atomic E-state index is -0.494. The number of aryl methyl sites for hydroxylation is 2. The van der Waals surface area contributed by atoms with Crippen LogP contribution in [0.15, 0.2) is 24.4 Å². The third kappa shape index (κ3) is 2.78. The second kappa shape index (κ2) is 6.24. The molecule has 0 saturated carbocycles. The lowest BCUT2D eigenvalue weighted by atomic mass is 9.91. The Morgan fingerprint density at radius 1 is 1.33 bits per heavy atom. The van der Waals surface area contributed by atoms with Crippen LogP contribution in [0.25, 0.3) is 11.3 Å². The topological polar surface area (TPSA) is 107 Å². The van der Waals surface area contributed by atoms with Crippen molar-refractivity contribution < 1.29 is 19.4 Å². The number of hydrogen-bond acceptors (Lipinski definition) is 6. The fourth-order valence-electron chi connectivity index (χ4n) is 3.42. The second-order valence-corrected chi connectivity index (χ2v) is 7.40. The number of aromatic nitrogens is 2. The molecule has 0 atom stereocenters. The molecule has 1 aromatic carbocycles. The highest BCUT2D eigenvalue weighted by Crippen LogP contribution is 2.48. The van der Waals surface area contributed by atoms with Crippen molar-refractivity contribution in [3.63, 3.8) is 0 Å². The summed E-state index contributed by atoms with van der Waals surface area (Å²) in [6.07, 6.45) is 3.28. The van der Waals surface area contributed by atoms with E-state index in [9.17, 15) is 14.7 Å². The standard InChI is InChI=1S/C19H17N3O4S/c1-9(23)12-6-4-11(7-14(12)24)26-19-15-13(17(27-19)18(20)25)5-3-10-8-21-22(2)16(10)15/h4,6-8,24H,3,5H2,1-2H3,(H2,20,25). The number of amides is 1. The van der Waals surface area contributed by atoms with Crippen molar-refractivity contribution in [2.45, 2.75) is 19.8 Å². The number of rotatable bonds is 4. The fourth-order valence-corrected chi connectivity index (χ4v) is 4.49. The molecule has 0 fully saturated rings. The van der Waals surface area contributed by atoms with E-state index < -0.39 is 5.91 Å². The van der Waals surface area contributed by atoms with Crippen molar-refractivity contribution in [1.29, 1.82) is 0 Å². The van der Waals surface area contributed by atoms with Crippen LogP contribution in [0.1, 0.15) is 38.1 Å². The number of phenolic OH excluding ortho intramolecular Hbond substituents is 1. The molecule has 1 aliphatic rings. The largest absolute Gasteiger partial charge is 0.507 e. The van der Waals surface area contributed by atoms with Crippen molar-refractivity contribution in [2.75, 3.05) is 0 Å². The van der Waals surface area contributed by atoms with E-state index in [4.69, 9.17) is 10.5 Å². The molecule has 0 bridgehead atoms. The van der Waals surface area contributed by atoms with Crippen LogP contribution in [0.4, 0.5) is 0 Å². The Bertz CT molecular complexity index is 1100. The zero-order chi connectivity index (χ0) is 19.3. The van der Waals surface area contributed by atoms with E-state index in [0.29, 0.717) is 22.1 Å². The van der Waals surface area contributed by atoms with Crippen LogP contribution in [-0.4, -0.2) is 26.6 Å². The molecule has 0 unspecified atom stereocenters. The number of thiophene rings is 1. The molecule has 7 nitrogen and oxygen atoms in total. The number of carbonyl (C=O) groups excluding carboxylic acids is 2. The molecule has 0 saturated heterocycles. The highest BCUT2D eigenvalue weighted by Gasteiger charge is 2.31. The predicted octanol–water partition coefficient (Wildman–Crippen LogP) is 3.05. The maximum Gasteiger partial charge on any atom is 0.259 e. The number of ether oxygens (including phenoxy) is 1. The Hall–Kier alpha value is -3.13. The number of Topliss-reactive ketones (excluding diaryl/α,β-unsaturated/α-hetero) is 1. The molecule has 0 spiro atoms. The van der Waals surface area contributed by atoms with Gasteiger partial charge in [0.2, 0.25) is 0 Å². The molecule has 3 N–H and O–H groups in total. The summed E-state index contributed by atoms with van der Waals surface area (Å²) < 4.78 is 7.76. The van der Waals surface area contributed by atoms with Gasteiger partial charge in [0.1, 0.15) is 11.5 Å². The molecule has 0 radical (unpaired) electrons. The molecule has 8 heteroatoms. The van der Waals surface area contributed by atoms with E-state index in [1.165, 1.54) is 30.4 Å². The Morgan fingerprint density at radius 2 is 2.11 bits per heavy atom. The number of benzene rings is 1. The molecule has 27 heavy (non-hydrogen) atoms. The van der Waals surface area contributed by atoms with E-state index in [2.05, 4.69) is 5.10 Å². The van der Waals surface area contributed by atoms with Crippen molar-refractivity contribution in [1.82, 2.24) is 9.78 Å². The molecule has 0 aliphatic heterocycles. The highest BCUT2D eigenvalue weighted by molar-refractivity contribution is 7.16. The monoisotopic (exact) mass is 383 g/mol. The smallest absolute Gasteiger partial charge is 0.259 e. The van der Waals surface area contributed by atoms with Crippen LogP contribution in [0.5, 0.6) is 16.6 Å². The zero-order valence-electron chi connectivity index (χ0n) is 14.8. The number of phenols is 1. The fraction of sp³-hybridized carbons (Fsp3) is 0.211. The van der Waals surface area contributed by atoms with Gasteiger partial charge in [-0.15, -0.1) is 0 Å². The van der Waals surface area contributed by atoms with Gasteiger partial charge in [0.05, 0.1) is 27.9 Å². The number of nitrogens with two attached hydrogens (primary N) is 1. The van der Waals surface area contributed by atoms with Gasteiger partial charge in [0.25, 0.3) is 5.91 Å². The van der Waals surface area contributed by atoms with Crippen molar-refractivity contribution >= 4 is 23.0 Å². The van der Waals surface area contributed by atoms with E-state index >= 15 is 0 Å². The van der Waals surface area contributed by atoms with Crippen LogP contribution in [-0.2, 0) is 19.9 Å². The van der Waals surface area contributed by atoms with Crippen molar-refractivity contribution in [2.24, 2.45) is 12.8 Å². The summed E-state index contributed by atoms with van der Waals surface area (Å²) in [5, 5.41) is 14.9. The van der Waals surface area contributed by atoms with Crippen LogP contribution in [0.3, 0.4) is 0 Å². The molecule has 2 aromatic heterocycles. The van der Waals surface area contributed by atoms with Crippen LogP contribution < -0.4 is 10.5 Å². The van der Waals surface area contributed by atoms with Crippen molar-refractivity contribution in [3.8, 4) is 27.8 Å². The van der Waals surface area contributed by atoms with Gasteiger partial charge in [0, 0.05) is 13.1 Å². The Balaban J connectivity index is 1.83. The van der Waals surface area contributed by atoms with Gasteiger partial charge in [-0.25, -0.2) is 0 Å². The van der Waals surface area contributed by atoms with Crippen molar-refractivity contribution in [3.05, 3.63) is 46.0 Å². The first-order valence-corrected chi connectivity index (χ1v) is 9.17. The Labute approximate surface area is 159 Å². The third-order valence-electron chi connectivity index (χ3n) is 4.65. The summed E-state index contributed by atoms with van der Waals surface area (Å²) in [7, 11) is 1.84. The summed E-state index contributed by atoms with van der Waals surface area (Å²) in [5.74, 6) is -0.511. The molecule has 138 valence electrons. The number of hydrogen-bond donors (Lipinski definition) is 2. The van der Waals surface area contributed by atoms with E-state index in [1.807, 2.05) is 13.2 Å². The number of aromatic hydroxyl groups is 1. The van der Waals surface area contributed by atoms with Gasteiger partial charge >= 0.3 is 0 Å². The highest BCUT2D eigenvalue weighted by atomic mass is 32.1. The summed E-state index contributed by atoms with van der Waals surface area (Å²) in [6.45, 7) is 1.38. The molecule has 3 aromatic rings. The summed E-state index contributed by atoms with van der Waals surface area (Å²) in [6, 6.07) is 4.51. The quantitative estimate of drug-likeness (QED) is 0.673. The summed E-state index contributed by atoms with van der Waals surface area (Å²) in [4.78, 5) is 23.9. The molecule has 4 rings (SSSR count). The van der Waals surface area contributed by atoms with E-state index in [1.54, 1.807) is 10.7 Å². The first kappa shape index (κ1) is 17.3. The van der Waals surface area contributed by atoms with Crippen LogP contribution in [0, 0.1) is 0 Å². The third-order valence-corrected chi connectivity index (χ3v) is 5.78. The number of fused-ring (bicyclic) bond motifs is 3. The van der Waals surface area contributed by atoms with Gasteiger partial charge in [0.15, 0.2) is 10.8 Å². The zero-order valence-corrected chi connectivity index (χ0v) is 15.6. The molecule has 1 amide bonds. The van der Waals surface area contributed by atoms with Gasteiger partial charge in [-0.1, -0.05) is 11.3 Å². The van der Waals surface area contributed by atoms with Crippen LogP contribution >= 0.6 is 11.3 Å². The van der Waals surface area contributed by atoms with Gasteiger partial charge in [-0.2, -0.15) is 5.10 Å². The minimum Gasteiger partial charge on any atom is -0.507 e. The maximum atomic E-state index is 11.9. The summed E-state index contributed by atoms with van der Waals surface area (Å²) in [5.41, 5.74) is 9.45. The summed E-state index contributed by atoms with van der Waals surface area (Å²) >= 11 is 1.18. The number of nitrogens with zero attached hydrogens (tertiary/aromatic N) is 2. The SMILES string of the molecule is CC(=O)c1ccc(Oc2sc(C(N)=O)c3c2-c2c(cnn2C)CC3)cc1O. The van der Waals surface area contributed by atoms with E-state index in [-0.39, 0.29) is 17.1 Å². The predicted molar refractivity (Wildman–Crippen MR) is 101 cm³/mol. The molecular weight excluding hydrogens is 366 g/mol. The number of primary amides is 1. The molecule has 1 aliphatic carbocycles. The van der Waals surface area contributed by atoms with Gasteiger partial charge in [-0.3, -0.25) is 14.3 Å². The number of carbonyl (C=O) groups is 2. The number of ketones is 1. The first-order chi connectivity index (χ1) is 12.9. The van der Waals surface area contributed by atoms with E-state index in [0.717, 1.165) is 28.8 Å². The van der Waals surface area contributed by atoms with Crippen LogP contribution in [0.2, 0.25) is 0 Å². The Kier molecular flexibility index (Phi) is 4.00. The first-order valence-electron chi connectivity index (χ1n) is 8.35. The minimum absolute atomic E-state index is 0.151. The molecule has 2 heterocycles. The van der Waals surface area contributed by atoms with Gasteiger partial charge in [-0.05, 0) is 43.0 Å². The molecular formula is C19H17N3O4S. The lowest BCUT2D eigenvalue weighted by Crippen LogP contribution is -2.13. The maximum absolute atomic E-state index is 11.9. The lowest BCUT2D eigenvalue weighted by molar-refractivity contribution is 0.0997. The normalized spacial score (nSPS) is 12.4. The lowest BCUT2D eigenvalue weighted by Gasteiger charge is -2.16.